The summed E-state index contributed by atoms with van der Waals surface area (Å²) < 4.78 is 38.9. The highest BCUT2D eigenvalue weighted by atomic mass is 19.4. The van der Waals surface area contributed by atoms with Crippen LogP contribution in [-0.4, -0.2) is 29.2 Å². The third-order valence-electron chi connectivity index (χ3n) is 5.43. The predicted octanol–water partition coefficient (Wildman–Crippen LogP) is 1.96. The number of rotatable bonds is 4. The lowest BCUT2D eigenvalue weighted by atomic mass is 9.85. The maximum Gasteiger partial charge on any atom is 0.418 e. The van der Waals surface area contributed by atoms with E-state index in [-0.39, 0.29) is 29.3 Å². The van der Waals surface area contributed by atoms with Crippen LogP contribution in [0.3, 0.4) is 0 Å². The number of alkyl halides is 3. The van der Waals surface area contributed by atoms with E-state index >= 15 is 0 Å². The molecule has 4 atom stereocenters. The fraction of sp³-hybridized carbons (Fsp3) is 0.389. The largest absolute Gasteiger partial charge is 0.418 e. The molecular formula is C18H16F3N3O3. The van der Waals surface area contributed by atoms with Gasteiger partial charge in [0.25, 0.3) is 5.91 Å². The van der Waals surface area contributed by atoms with E-state index in [4.69, 9.17) is 0 Å². The summed E-state index contributed by atoms with van der Waals surface area (Å²) >= 11 is 0. The fourth-order valence-electron chi connectivity index (χ4n) is 4.28. The van der Waals surface area contributed by atoms with Crippen molar-refractivity contribution in [2.24, 2.45) is 23.7 Å². The lowest BCUT2D eigenvalue weighted by Crippen LogP contribution is -2.43. The Hall–Kier alpha value is -2.84. The highest BCUT2D eigenvalue weighted by molar-refractivity contribution is 6.08. The van der Waals surface area contributed by atoms with Crippen molar-refractivity contribution in [2.45, 2.75) is 12.6 Å². The minimum absolute atomic E-state index is 0.0290. The van der Waals surface area contributed by atoms with Crippen molar-refractivity contribution in [3.8, 4) is 0 Å². The molecule has 1 saturated heterocycles. The van der Waals surface area contributed by atoms with Crippen LogP contribution in [-0.2, 0) is 20.6 Å². The van der Waals surface area contributed by atoms with Crippen molar-refractivity contribution in [3.05, 3.63) is 42.0 Å². The number of likely N-dealkylation sites (tertiary alicyclic amines) is 1. The molecule has 3 aliphatic rings. The van der Waals surface area contributed by atoms with Crippen LogP contribution < -0.4 is 10.9 Å². The van der Waals surface area contributed by atoms with Crippen molar-refractivity contribution >= 4 is 23.4 Å². The molecule has 1 aromatic rings. The van der Waals surface area contributed by atoms with Crippen LogP contribution in [0.2, 0.25) is 0 Å². The lowest BCUT2D eigenvalue weighted by molar-refractivity contribution is -0.144. The van der Waals surface area contributed by atoms with Gasteiger partial charge in [0.1, 0.15) is 6.54 Å². The number of benzene rings is 1. The summed E-state index contributed by atoms with van der Waals surface area (Å²) in [4.78, 5) is 38.0. The first-order chi connectivity index (χ1) is 12.8. The summed E-state index contributed by atoms with van der Waals surface area (Å²) in [7, 11) is 0. The zero-order chi connectivity index (χ0) is 19.3. The molecule has 1 aliphatic heterocycles. The molecular weight excluding hydrogens is 363 g/mol. The molecule has 1 heterocycles. The van der Waals surface area contributed by atoms with Crippen LogP contribution in [0.25, 0.3) is 0 Å². The van der Waals surface area contributed by atoms with E-state index in [2.05, 4.69) is 10.9 Å². The number of carbonyl (C=O) groups is 3. The zero-order valence-electron chi connectivity index (χ0n) is 14.0. The van der Waals surface area contributed by atoms with Gasteiger partial charge in [0.05, 0.1) is 23.1 Å². The molecule has 0 spiro atoms. The van der Waals surface area contributed by atoms with Crippen molar-refractivity contribution in [3.63, 3.8) is 0 Å². The minimum atomic E-state index is -4.58. The van der Waals surface area contributed by atoms with Gasteiger partial charge in [0.2, 0.25) is 11.8 Å². The standard InChI is InChI=1S/C18H16F3N3O3/c19-18(20,21)11-3-1-2-4-12(11)22-23-13(25)8-24-16(26)14-9-5-6-10(7-9)15(14)17(24)27/h1-6,9-10,14-15,22H,7-8H2,(H,23,25). The number of halogens is 3. The van der Waals surface area contributed by atoms with E-state index in [0.717, 1.165) is 17.4 Å². The topological polar surface area (TPSA) is 78.5 Å². The van der Waals surface area contributed by atoms with Gasteiger partial charge in [-0.15, -0.1) is 0 Å². The summed E-state index contributed by atoms with van der Waals surface area (Å²) in [5.41, 5.74) is 3.10. The molecule has 9 heteroatoms. The Kier molecular flexibility index (Phi) is 3.97. The van der Waals surface area contributed by atoms with Gasteiger partial charge in [-0.05, 0) is 30.4 Å². The average molecular weight is 379 g/mol. The summed E-state index contributed by atoms with van der Waals surface area (Å²) in [5, 5.41) is 0. The lowest BCUT2D eigenvalue weighted by Gasteiger charge is -2.18. The Morgan fingerprint density at radius 1 is 1.07 bits per heavy atom. The van der Waals surface area contributed by atoms with Crippen molar-refractivity contribution in [2.75, 3.05) is 12.0 Å². The molecule has 27 heavy (non-hydrogen) atoms. The maximum atomic E-state index is 13.0. The Labute approximate surface area is 152 Å². The molecule has 4 unspecified atom stereocenters. The smallest absolute Gasteiger partial charge is 0.298 e. The number of carbonyl (C=O) groups excluding carboxylic acids is 3. The van der Waals surface area contributed by atoms with Crippen LogP contribution in [0.1, 0.15) is 12.0 Å². The van der Waals surface area contributed by atoms with E-state index in [1.165, 1.54) is 18.2 Å². The van der Waals surface area contributed by atoms with Crippen LogP contribution in [0, 0.1) is 23.7 Å². The number of nitrogens with zero attached hydrogens (tertiary/aromatic N) is 1. The minimum Gasteiger partial charge on any atom is -0.298 e. The maximum absolute atomic E-state index is 13.0. The van der Waals surface area contributed by atoms with Gasteiger partial charge in [-0.2, -0.15) is 13.2 Å². The van der Waals surface area contributed by atoms with Gasteiger partial charge < -0.3 is 0 Å². The van der Waals surface area contributed by atoms with Crippen molar-refractivity contribution in [1.82, 2.24) is 10.3 Å². The number of para-hydroxylation sites is 1. The Morgan fingerprint density at radius 2 is 1.67 bits per heavy atom. The summed E-state index contributed by atoms with van der Waals surface area (Å²) in [6.45, 7) is -0.523. The molecule has 1 aromatic carbocycles. The van der Waals surface area contributed by atoms with Crippen LogP contribution >= 0.6 is 0 Å². The van der Waals surface area contributed by atoms with E-state index in [1.54, 1.807) is 0 Å². The monoisotopic (exact) mass is 379 g/mol. The summed E-state index contributed by atoms with van der Waals surface area (Å²) in [6, 6.07) is 4.68. The van der Waals surface area contributed by atoms with Gasteiger partial charge in [-0.3, -0.25) is 30.1 Å². The van der Waals surface area contributed by atoms with Gasteiger partial charge in [0.15, 0.2) is 0 Å². The quantitative estimate of drug-likeness (QED) is 0.476. The first kappa shape index (κ1) is 17.6. The molecule has 2 N–H and O–H groups in total. The van der Waals surface area contributed by atoms with Gasteiger partial charge >= 0.3 is 6.18 Å². The normalized spacial score (nSPS) is 28.6. The molecule has 2 fully saturated rings. The SMILES string of the molecule is O=C(CN1C(=O)C2C3C=CC(C3)C2C1=O)NNc1ccccc1C(F)(F)F. The first-order valence-corrected chi connectivity index (χ1v) is 8.52. The van der Waals surface area contributed by atoms with E-state index in [9.17, 15) is 27.6 Å². The second-order valence-corrected chi connectivity index (χ2v) is 6.98. The molecule has 1 saturated carbocycles. The van der Waals surface area contributed by atoms with Gasteiger partial charge in [-0.25, -0.2) is 0 Å². The number of fused-ring (bicyclic) bond motifs is 5. The van der Waals surface area contributed by atoms with Crippen LogP contribution in [0.15, 0.2) is 36.4 Å². The number of hydrazine groups is 1. The van der Waals surface area contributed by atoms with Crippen LogP contribution in [0.5, 0.6) is 0 Å². The second kappa shape index (κ2) is 6.11. The average Bonchev–Trinajstić information content (AvgIpc) is 3.29. The zero-order valence-corrected chi connectivity index (χ0v) is 14.0. The number of hydrogen-bond donors (Lipinski definition) is 2. The highest BCUT2D eigenvalue weighted by Crippen LogP contribution is 2.52. The molecule has 4 rings (SSSR count). The van der Waals surface area contributed by atoms with Crippen molar-refractivity contribution in [1.29, 1.82) is 0 Å². The number of allylic oxidation sites excluding steroid dienone is 2. The molecule has 3 amide bonds. The number of hydrogen-bond acceptors (Lipinski definition) is 4. The molecule has 0 aromatic heterocycles. The van der Waals surface area contributed by atoms with Gasteiger partial charge in [0, 0.05) is 0 Å². The molecule has 0 radical (unpaired) electrons. The number of imide groups is 1. The van der Waals surface area contributed by atoms with Crippen molar-refractivity contribution < 1.29 is 27.6 Å². The van der Waals surface area contributed by atoms with E-state index in [0.29, 0.717) is 0 Å². The number of nitrogens with one attached hydrogen (secondary N) is 2. The highest BCUT2D eigenvalue weighted by Gasteiger charge is 2.59. The number of amides is 3. The second-order valence-electron chi connectivity index (χ2n) is 6.98. The van der Waals surface area contributed by atoms with Gasteiger partial charge in [-0.1, -0.05) is 24.3 Å². The van der Waals surface area contributed by atoms with E-state index in [1.807, 2.05) is 12.2 Å². The third kappa shape index (κ3) is 2.87. The van der Waals surface area contributed by atoms with E-state index < -0.39 is 36.0 Å². The fourth-order valence-corrected chi connectivity index (χ4v) is 4.28. The molecule has 6 nitrogen and oxygen atoms in total. The Bertz CT molecular complexity index is 822. The molecule has 2 bridgehead atoms. The molecule has 142 valence electrons. The Morgan fingerprint density at radius 3 is 2.26 bits per heavy atom. The third-order valence-corrected chi connectivity index (χ3v) is 5.43. The Balaban J connectivity index is 1.40. The van der Waals surface area contributed by atoms with Crippen LogP contribution in [0.4, 0.5) is 18.9 Å². The first-order valence-electron chi connectivity index (χ1n) is 8.52. The summed E-state index contributed by atoms with van der Waals surface area (Å²) in [6.07, 6.45) is 0.0774. The predicted molar refractivity (Wildman–Crippen MR) is 87.6 cm³/mol. The summed E-state index contributed by atoms with van der Waals surface area (Å²) in [5.74, 6) is -2.31. The molecule has 2 aliphatic carbocycles. The number of anilines is 1.